The van der Waals surface area contributed by atoms with Crippen molar-refractivity contribution in [3.63, 3.8) is 0 Å². The molecule has 3 saturated carbocycles. The van der Waals surface area contributed by atoms with Crippen molar-refractivity contribution in [2.75, 3.05) is 13.2 Å². The van der Waals surface area contributed by atoms with Crippen LogP contribution >= 0.6 is 0 Å². The fourth-order valence-electron chi connectivity index (χ4n) is 12.5. The number of fused-ring (bicyclic) bond motifs is 5. The van der Waals surface area contributed by atoms with Crippen molar-refractivity contribution >= 4 is 5.78 Å². The zero-order valence-corrected chi connectivity index (χ0v) is 34.5. The molecule has 5 fully saturated rings. The summed E-state index contributed by atoms with van der Waals surface area (Å²) in [4.78, 5) is 12.6. The minimum atomic E-state index is -1.67. The van der Waals surface area contributed by atoms with Crippen LogP contribution in [0.15, 0.2) is 11.6 Å². The molecule has 0 bridgehead atoms. The minimum absolute atomic E-state index is 0.0383. The van der Waals surface area contributed by atoms with Crippen molar-refractivity contribution in [3.8, 4) is 0 Å². The molecule has 2 heterocycles. The molecule has 0 amide bonds. The van der Waals surface area contributed by atoms with E-state index in [1.165, 1.54) is 5.57 Å². The van der Waals surface area contributed by atoms with Gasteiger partial charge in [-0.3, -0.25) is 4.79 Å². The van der Waals surface area contributed by atoms with Crippen molar-refractivity contribution in [1.82, 2.24) is 0 Å². The lowest BCUT2D eigenvalue weighted by molar-refractivity contribution is -0.340. The summed E-state index contributed by atoms with van der Waals surface area (Å²) in [5.74, 6) is 0.775. The second-order valence-corrected chi connectivity index (χ2v) is 20.0. The summed E-state index contributed by atoms with van der Waals surface area (Å²) in [6, 6.07) is 0. The summed E-state index contributed by atoms with van der Waals surface area (Å²) in [5.41, 5.74) is -1.26. The fourth-order valence-corrected chi connectivity index (χ4v) is 12.5. The van der Waals surface area contributed by atoms with E-state index in [-0.39, 0.29) is 34.4 Å². The highest BCUT2D eigenvalue weighted by Crippen LogP contribution is 2.75. The van der Waals surface area contributed by atoms with E-state index in [2.05, 4.69) is 47.6 Å². The molecule has 322 valence electrons. The quantitative estimate of drug-likeness (QED) is 0.134. The monoisotopic (exact) mass is 798 g/mol. The Balaban J connectivity index is 1.16. The third-order valence-electron chi connectivity index (χ3n) is 16.4. The number of ketones is 1. The van der Waals surface area contributed by atoms with Crippen LogP contribution in [-0.2, 0) is 23.7 Å². The van der Waals surface area contributed by atoms with Crippen molar-refractivity contribution in [3.05, 3.63) is 11.6 Å². The first-order valence-corrected chi connectivity index (χ1v) is 20.9. The van der Waals surface area contributed by atoms with Gasteiger partial charge in [0.2, 0.25) is 0 Å². The number of aliphatic hydroxyl groups is 9. The number of allylic oxidation sites excluding steroid dienone is 1. The van der Waals surface area contributed by atoms with E-state index in [9.17, 15) is 50.8 Å². The Labute approximate surface area is 331 Å². The maximum absolute atomic E-state index is 12.6. The third-order valence-corrected chi connectivity index (χ3v) is 16.4. The highest BCUT2D eigenvalue weighted by molar-refractivity contribution is 5.86. The van der Waals surface area contributed by atoms with Crippen LogP contribution in [0.5, 0.6) is 0 Å². The van der Waals surface area contributed by atoms with Gasteiger partial charge in [0.25, 0.3) is 0 Å². The molecule has 0 aromatic carbocycles. The first-order valence-electron chi connectivity index (χ1n) is 20.9. The van der Waals surface area contributed by atoms with Crippen LogP contribution in [0.2, 0.25) is 0 Å². The summed E-state index contributed by atoms with van der Waals surface area (Å²) in [5, 5.41) is 95.5. The molecular formula is C42H70O14. The molecule has 14 nitrogen and oxygen atoms in total. The van der Waals surface area contributed by atoms with E-state index in [0.29, 0.717) is 31.6 Å². The molecular weight excluding hydrogens is 728 g/mol. The lowest BCUT2D eigenvalue weighted by atomic mass is 9.38. The summed E-state index contributed by atoms with van der Waals surface area (Å²) >= 11 is 0. The lowest BCUT2D eigenvalue weighted by Gasteiger charge is -2.67. The molecule has 6 rings (SSSR count). The van der Waals surface area contributed by atoms with Crippen LogP contribution in [0.1, 0.15) is 107 Å². The predicted molar refractivity (Wildman–Crippen MR) is 201 cm³/mol. The second kappa shape index (κ2) is 15.7. The molecule has 3 unspecified atom stereocenters. The van der Waals surface area contributed by atoms with Gasteiger partial charge in [-0.15, -0.1) is 0 Å². The summed E-state index contributed by atoms with van der Waals surface area (Å²) < 4.78 is 23.5. The van der Waals surface area contributed by atoms with Crippen molar-refractivity contribution in [2.45, 2.75) is 186 Å². The number of rotatable bonds is 11. The van der Waals surface area contributed by atoms with Crippen molar-refractivity contribution < 1.29 is 69.7 Å². The minimum Gasteiger partial charge on any atom is -0.394 e. The second-order valence-electron chi connectivity index (χ2n) is 20.0. The molecule has 9 N–H and O–H groups in total. The summed E-state index contributed by atoms with van der Waals surface area (Å²) in [7, 11) is 0. The molecule has 56 heavy (non-hydrogen) atoms. The third kappa shape index (κ3) is 7.17. The molecule has 2 aliphatic heterocycles. The van der Waals surface area contributed by atoms with E-state index in [4.69, 9.17) is 18.9 Å². The van der Waals surface area contributed by atoms with Gasteiger partial charge in [-0.05, 0) is 93.3 Å². The van der Waals surface area contributed by atoms with Crippen molar-refractivity contribution in [1.29, 1.82) is 0 Å². The molecule has 19 atom stereocenters. The Morgan fingerprint density at radius 2 is 1.46 bits per heavy atom. The van der Waals surface area contributed by atoms with Crippen LogP contribution in [0.4, 0.5) is 0 Å². The first-order chi connectivity index (χ1) is 25.9. The highest BCUT2D eigenvalue weighted by atomic mass is 16.7. The standard InChI is InChI=1S/C42H70O14/c1-20(9-13-27(44)39(4,5)52)21-15-16-40(6)26-12-10-22-23(42(26,8)28(45)17-41(21,40)7)11-14-29(38(22,2)3)56-37-35(51)33(49)31(47)25(55-37)19-53-36-34(50)32(48)30(46)24(18-43)54-36/h10,20-21,23-26,28-37,43,45-52H,9,11-19H2,1-8H3/t20-,21-,23-,24-,25-,26?,28-,29+,30-,31-,32+,33+,34-,35?,36-,37?,40+,41-,42+/m1/s1. The fraction of sp³-hybridized carbons (Fsp3) is 0.929. The lowest BCUT2D eigenvalue weighted by Crippen LogP contribution is -2.65. The van der Waals surface area contributed by atoms with Gasteiger partial charge in [0.15, 0.2) is 18.4 Å². The van der Waals surface area contributed by atoms with Gasteiger partial charge in [-0.2, -0.15) is 0 Å². The van der Waals surface area contributed by atoms with E-state index in [1.807, 2.05) is 0 Å². The Kier molecular flexibility index (Phi) is 12.5. The van der Waals surface area contributed by atoms with Crippen LogP contribution < -0.4 is 0 Å². The molecule has 0 radical (unpaired) electrons. The smallest absolute Gasteiger partial charge is 0.187 e. The first kappa shape index (κ1) is 44.4. The zero-order valence-electron chi connectivity index (χ0n) is 34.5. The number of carbonyl (C=O) groups excluding carboxylic acids is 1. The summed E-state index contributed by atoms with van der Waals surface area (Å²) in [6.45, 7) is 15.5. The average Bonchev–Trinajstić information content (AvgIpc) is 3.40. The normalized spacial score (nSPS) is 49.7. The molecule has 0 spiro atoms. The van der Waals surface area contributed by atoms with E-state index >= 15 is 0 Å². The topological polar surface area (TPSA) is 236 Å². The highest BCUT2D eigenvalue weighted by Gasteiger charge is 2.70. The number of ether oxygens (including phenoxy) is 4. The Bertz CT molecular complexity index is 1450. The van der Waals surface area contributed by atoms with Gasteiger partial charge >= 0.3 is 0 Å². The van der Waals surface area contributed by atoms with Gasteiger partial charge in [-0.25, -0.2) is 0 Å². The van der Waals surface area contributed by atoms with Crippen LogP contribution in [-0.4, -0.2) is 144 Å². The number of carbonyl (C=O) groups is 1. The van der Waals surface area contributed by atoms with Gasteiger partial charge in [0.05, 0.1) is 25.4 Å². The van der Waals surface area contributed by atoms with E-state index in [0.717, 1.165) is 25.7 Å². The van der Waals surface area contributed by atoms with E-state index < -0.39 is 103 Å². The van der Waals surface area contributed by atoms with Gasteiger partial charge in [0.1, 0.15) is 54.4 Å². The van der Waals surface area contributed by atoms with Crippen LogP contribution in [0.3, 0.4) is 0 Å². The number of hydrogen-bond acceptors (Lipinski definition) is 14. The molecule has 4 aliphatic carbocycles. The predicted octanol–water partition coefficient (Wildman–Crippen LogP) is 1.33. The average molecular weight is 799 g/mol. The molecule has 2 saturated heterocycles. The number of hydrogen-bond donors (Lipinski definition) is 9. The van der Waals surface area contributed by atoms with Crippen molar-refractivity contribution in [2.24, 2.45) is 45.3 Å². The van der Waals surface area contributed by atoms with Gasteiger partial charge < -0.3 is 64.9 Å². The largest absolute Gasteiger partial charge is 0.394 e. The number of Topliss-reactive ketones (excluding diaryl/α,β-unsaturated/α-hetero) is 1. The SMILES string of the molecule is C[C@H](CCC(=O)C(C)(C)O)[C@H]1CC[C@@]2(C)C3CC=C4[C@@H](CC[C@H](OC5O[C@H](CO[C@@H]6O[C@H](CO)[C@@H](O)[C@H](O)[C@H]6O)[C@@H](O)[C@H](O)C5O)C4(C)C)[C@]3(C)[C@H](O)C[C@]12C. The van der Waals surface area contributed by atoms with Gasteiger partial charge in [0, 0.05) is 17.3 Å². The molecule has 14 heteroatoms. The van der Waals surface area contributed by atoms with Gasteiger partial charge in [-0.1, -0.05) is 53.2 Å². The summed E-state index contributed by atoms with van der Waals surface area (Å²) in [6.07, 6.45) is -7.75. The molecule has 6 aliphatic rings. The van der Waals surface area contributed by atoms with Crippen LogP contribution in [0, 0.1) is 45.3 Å². The van der Waals surface area contributed by atoms with E-state index in [1.54, 1.807) is 13.8 Å². The maximum Gasteiger partial charge on any atom is 0.187 e. The Morgan fingerprint density at radius 3 is 2.09 bits per heavy atom. The zero-order chi connectivity index (χ0) is 41.5. The Morgan fingerprint density at radius 1 is 0.857 bits per heavy atom. The molecule has 0 aromatic heterocycles. The number of aliphatic hydroxyl groups excluding tert-OH is 8. The molecule has 0 aromatic rings. The van der Waals surface area contributed by atoms with Crippen LogP contribution in [0.25, 0.3) is 0 Å². The maximum atomic E-state index is 12.6. The Hall–Kier alpha value is -1.11.